The van der Waals surface area contributed by atoms with Crippen molar-refractivity contribution >= 4 is 29.2 Å². The van der Waals surface area contributed by atoms with E-state index >= 15 is 0 Å². The maximum absolute atomic E-state index is 11.8. The van der Waals surface area contributed by atoms with Crippen LogP contribution in [0.1, 0.15) is 17.3 Å². The Hall–Kier alpha value is -2.26. The number of hydrogen-bond donors (Lipinski definition) is 3. The van der Waals surface area contributed by atoms with E-state index in [1.165, 1.54) is 0 Å². The number of carboxylic acids is 1. The van der Waals surface area contributed by atoms with Crippen LogP contribution in [0.3, 0.4) is 0 Å². The van der Waals surface area contributed by atoms with Crippen LogP contribution >= 0.6 is 11.6 Å². The van der Waals surface area contributed by atoms with E-state index < -0.39 is 39.8 Å². The first-order valence-electron chi connectivity index (χ1n) is 5.19. The van der Waals surface area contributed by atoms with Crippen molar-refractivity contribution in [2.24, 2.45) is 0 Å². The number of hydrogen-bond acceptors (Lipinski definition) is 6. The molecule has 0 saturated carbocycles. The monoisotopic (exact) mass is 303 g/mol. The number of amides is 1. The van der Waals surface area contributed by atoms with E-state index in [-0.39, 0.29) is 5.56 Å². The van der Waals surface area contributed by atoms with Gasteiger partial charge in [-0.25, -0.2) is 9.78 Å². The molecule has 1 atom stereocenters. The highest BCUT2D eigenvalue weighted by Gasteiger charge is 2.32. The molecule has 1 rings (SSSR count). The van der Waals surface area contributed by atoms with Crippen LogP contribution < -0.4 is 5.32 Å². The Bertz CT molecular complexity index is 574. The molecule has 0 bridgehead atoms. The number of aromatic nitrogens is 1. The van der Waals surface area contributed by atoms with Gasteiger partial charge in [0.15, 0.2) is 5.60 Å². The number of nitrogens with one attached hydrogen (secondary N) is 1. The summed E-state index contributed by atoms with van der Waals surface area (Å²) >= 11 is 5.53. The minimum absolute atomic E-state index is 0.379. The lowest BCUT2D eigenvalue weighted by Gasteiger charge is -2.18. The summed E-state index contributed by atoms with van der Waals surface area (Å²) < 4.78 is 0. The van der Waals surface area contributed by atoms with E-state index in [0.29, 0.717) is 0 Å². The van der Waals surface area contributed by atoms with Crippen molar-refractivity contribution in [2.75, 3.05) is 6.54 Å². The molecule has 0 aliphatic heterocycles. The predicted octanol–water partition coefficient (Wildman–Crippen LogP) is 0.209. The van der Waals surface area contributed by atoms with Crippen molar-refractivity contribution in [2.45, 2.75) is 12.5 Å². The highest BCUT2D eigenvalue weighted by Crippen LogP contribution is 2.25. The first-order valence-corrected chi connectivity index (χ1v) is 5.57. The third-order valence-corrected chi connectivity index (χ3v) is 2.64. The van der Waals surface area contributed by atoms with Crippen LogP contribution in [0.15, 0.2) is 12.3 Å². The van der Waals surface area contributed by atoms with Gasteiger partial charge in [0, 0.05) is 6.20 Å². The molecule has 1 unspecified atom stereocenters. The Morgan fingerprint density at radius 1 is 1.60 bits per heavy atom. The number of carboxylic acid groups (broad SMARTS) is 1. The fourth-order valence-corrected chi connectivity index (χ4v) is 1.44. The number of carbonyl (C=O) groups is 2. The molecule has 9 nitrogen and oxygen atoms in total. The molecule has 1 aromatic rings. The zero-order valence-corrected chi connectivity index (χ0v) is 10.9. The van der Waals surface area contributed by atoms with E-state index in [2.05, 4.69) is 10.3 Å². The van der Waals surface area contributed by atoms with Crippen molar-refractivity contribution in [1.29, 1.82) is 0 Å². The average Bonchev–Trinajstić information content (AvgIpc) is 2.35. The molecule has 1 aromatic heterocycles. The minimum Gasteiger partial charge on any atom is -0.479 e. The van der Waals surface area contributed by atoms with E-state index in [1.54, 1.807) is 0 Å². The van der Waals surface area contributed by atoms with Gasteiger partial charge in [0.1, 0.15) is 5.56 Å². The summed E-state index contributed by atoms with van der Waals surface area (Å²) in [6.45, 7) is 0.349. The molecule has 0 saturated heterocycles. The quantitative estimate of drug-likeness (QED) is 0.400. The van der Waals surface area contributed by atoms with Gasteiger partial charge in [-0.05, 0) is 13.0 Å². The molecule has 10 heteroatoms. The summed E-state index contributed by atoms with van der Waals surface area (Å²) in [6, 6.07) is 1.06. The van der Waals surface area contributed by atoms with Gasteiger partial charge in [0.2, 0.25) is 5.15 Å². The van der Waals surface area contributed by atoms with E-state index in [4.69, 9.17) is 16.7 Å². The average molecular weight is 304 g/mol. The molecular weight excluding hydrogens is 294 g/mol. The van der Waals surface area contributed by atoms with E-state index in [1.807, 2.05) is 0 Å². The number of aliphatic hydroxyl groups is 1. The fraction of sp³-hybridized carbons (Fsp3) is 0.300. The first-order chi connectivity index (χ1) is 9.16. The van der Waals surface area contributed by atoms with Gasteiger partial charge >= 0.3 is 11.7 Å². The van der Waals surface area contributed by atoms with Gasteiger partial charge in [-0.2, -0.15) is 0 Å². The number of carbonyl (C=O) groups excluding carboxylic acids is 1. The molecule has 0 aliphatic rings. The van der Waals surface area contributed by atoms with Crippen LogP contribution in [0.4, 0.5) is 5.69 Å². The highest BCUT2D eigenvalue weighted by molar-refractivity contribution is 6.32. The number of pyridine rings is 1. The molecule has 0 aliphatic carbocycles. The fourth-order valence-electron chi connectivity index (χ4n) is 1.21. The Morgan fingerprint density at radius 2 is 2.20 bits per heavy atom. The molecule has 0 radical (unpaired) electrons. The predicted molar refractivity (Wildman–Crippen MR) is 66.5 cm³/mol. The lowest BCUT2D eigenvalue weighted by atomic mass is 10.1. The third kappa shape index (κ3) is 3.39. The van der Waals surface area contributed by atoms with Gasteiger partial charge in [-0.3, -0.25) is 14.9 Å². The second-order valence-corrected chi connectivity index (χ2v) is 4.37. The van der Waals surface area contributed by atoms with Gasteiger partial charge in [0.05, 0.1) is 11.5 Å². The summed E-state index contributed by atoms with van der Waals surface area (Å²) in [5.74, 6) is -2.48. The maximum Gasteiger partial charge on any atom is 0.337 e. The van der Waals surface area contributed by atoms with Crippen molar-refractivity contribution < 1.29 is 24.7 Å². The minimum atomic E-state index is -2.19. The molecule has 20 heavy (non-hydrogen) atoms. The first kappa shape index (κ1) is 15.8. The molecule has 0 spiro atoms. The van der Waals surface area contributed by atoms with Crippen LogP contribution in [0.2, 0.25) is 5.15 Å². The molecule has 0 fully saturated rings. The van der Waals surface area contributed by atoms with Gasteiger partial charge in [-0.15, -0.1) is 0 Å². The maximum atomic E-state index is 11.8. The van der Waals surface area contributed by atoms with E-state index in [0.717, 1.165) is 19.2 Å². The van der Waals surface area contributed by atoms with Crippen molar-refractivity contribution in [3.8, 4) is 0 Å². The number of nitrogens with zero attached hydrogens (tertiary/aromatic N) is 2. The Labute approximate surface area is 117 Å². The Morgan fingerprint density at radius 3 is 2.70 bits per heavy atom. The van der Waals surface area contributed by atoms with Crippen LogP contribution in [0.25, 0.3) is 0 Å². The Kier molecular flexibility index (Phi) is 4.58. The largest absolute Gasteiger partial charge is 0.479 e. The molecule has 1 heterocycles. The smallest absolute Gasteiger partial charge is 0.337 e. The van der Waals surface area contributed by atoms with Crippen LogP contribution in [-0.4, -0.2) is 44.1 Å². The summed E-state index contributed by atoms with van der Waals surface area (Å²) in [7, 11) is 0. The highest BCUT2D eigenvalue weighted by atomic mass is 35.5. The molecule has 3 N–H and O–H groups in total. The SMILES string of the molecule is CC(O)(CNC(=O)c1ccnc(Cl)c1[N+](=O)[O-])C(=O)O. The van der Waals surface area contributed by atoms with Crippen LogP contribution in [0, 0.1) is 10.1 Å². The molecule has 1 amide bonds. The summed E-state index contributed by atoms with van der Waals surface area (Å²) in [5, 5.41) is 30.5. The molecule has 0 aromatic carbocycles. The van der Waals surface area contributed by atoms with E-state index in [9.17, 15) is 24.8 Å². The van der Waals surface area contributed by atoms with Crippen LogP contribution in [-0.2, 0) is 4.79 Å². The van der Waals surface area contributed by atoms with Crippen LogP contribution in [0.5, 0.6) is 0 Å². The van der Waals surface area contributed by atoms with Crippen molar-refractivity contribution in [3.63, 3.8) is 0 Å². The lowest BCUT2D eigenvalue weighted by Crippen LogP contribution is -2.46. The van der Waals surface area contributed by atoms with Gasteiger partial charge in [0.25, 0.3) is 5.91 Å². The second-order valence-electron chi connectivity index (χ2n) is 4.02. The number of nitro groups is 1. The van der Waals surface area contributed by atoms with Crippen molar-refractivity contribution in [3.05, 3.63) is 33.1 Å². The summed E-state index contributed by atoms with van der Waals surface area (Å²) in [5.41, 5.74) is -3.26. The zero-order valence-electron chi connectivity index (χ0n) is 10.2. The summed E-state index contributed by atoms with van der Waals surface area (Å²) in [6.07, 6.45) is 1.10. The molecule has 108 valence electrons. The molecular formula is C10H10ClN3O6. The lowest BCUT2D eigenvalue weighted by molar-refractivity contribution is -0.385. The summed E-state index contributed by atoms with van der Waals surface area (Å²) in [4.78, 5) is 35.9. The third-order valence-electron chi connectivity index (χ3n) is 2.36. The topological polar surface area (TPSA) is 143 Å². The van der Waals surface area contributed by atoms with Gasteiger partial charge in [-0.1, -0.05) is 11.6 Å². The second kappa shape index (κ2) is 5.80. The number of aliphatic carboxylic acids is 1. The Balaban J connectivity index is 2.97. The normalized spacial score (nSPS) is 13.3. The van der Waals surface area contributed by atoms with Crippen molar-refractivity contribution in [1.82, 2.24) is 10.3 Å². The number of rotatable bonds is 5. The number of halogens is 1. The standard InChI is InChI=1S/C10H10ClN3O6/c1-10(18,9(16)17)4-13-8(15)5-2-3-12-7(11)6(5)14(19)20/h2-3,18H,4H2,1H3,(H,13,15)(H,16,17). The van der Waals surface area contributed by atoms with Gasteiger partial charge < -0.3 is 15.5 Å². The zero-order chi connectivity index (χ0) is 15.5.